The average Bonchev–Trinajstić information content (AvgIpc) is 2.27. The molecule has 0 spiro atoms. The Labute approximate surface area is 96.0 Å². The zero-order chi connectivity index (χ0) is 12.2. The molecule has 1 N–H and O–H groups in total. The van der Waals surface area contributed by atoms with Crippen LogP contribution < -0.4 is 4.72 Å². The molecule has 16 heavy (non-hydrogen) atoms. The van der Waals surface area contributed by atoms with Crippen LogP contribution in [0.1, 0.15) is 18.1 Å². The SMILES string of the molecule is Cc1ccc(CNS(=O)(=O)C(C)C#N)cc1. The van der Waals surface area contributed by atoms with Crippen molar-refractivity contribution in [1.29, 1.82) is 5.26 Å². The Balaban J connectivity index is 2.66. The normalized spacial score (nSPS) is 13.1. The van der Waals surface area contributed by atoms with E-state index in [0.29, 0.717) is 0 Å². The number of hydrogen-bond donors (Lipinski definition) is 1. The van der Waals surface area contributed by atoms with E-state index in [1.807, 2.05) is 31.2 Å². The Bertz CT molecular complexity index is 486. The molecule has 1 atom stereocenters. The topological polar surface area (TPSA) is 70.0 Å². The molecular weight excluding hydrogens is 224 g/mol. The van der Waals surface area contributed by atoms with Gasteiger partial charge in [-0.25, -0.2) is 13.1 Å². The molecule has 0 aromatic heterocycles. The molecule has 5 heteroatoms. The minimum Gasteiger partial charge on any atom is -0.211 e. The lowest BCUT2D eigenvalue weighted by Gasteiger charge is -2.07. The van der Waals surface area contributed by atoms with Crippen LogP contribution in [0.5, 0.6) is 0 Å². The zero-order valence-electron chi connectivity index (χ0n) is 9.27. The van der Waals surface area contributed by atoms with Crippen LogP contribution in [0.3, 0.4) is 0 Å². The summed E-state index contributed by atoms with van der Waals surface area (Å²) in [7, 11) is -3.53. The summed E-state index contributed by atoms with van der Waals surface area (Å²) in [5, 5.41) is 7.51. The number of hydrogen-bond acceptors (Lipinski definition) is 3. The van der Waals surface area contributed by atoms with Crippen molar-refractivity contribution >= 4 is 10.0 Å². The second kappa shape index (κ2) is 5.10. The lowest BCUT2D eigenvalue weighted by Crippen LogP contribution is -2.31. The molecule has 0 amide bonds. The number of benzene rings is 1. The lowest BCUT2D eigenvalue weighted by atomic mass is 10.2. The maximum atomic E-state index is 11.5. The van der Waals surface area contributed by atoms with Crippen molar-refractivity contribution < 1.29 is 8.42 Å². The molecule has 0 aliphatic heterocycles. The quantitative estimate of drug-likeness (QED) is 0.860. The fraction of sp³-hybridized carbons (Fsp3) is 0.364. The van der Waals surface area contributed by atoms with E-state index in [9.17, 15) is 8.42 Å². The third-order valence-electron chi connectivity index (χ3n) is 2.25. The number of nitriles is 1. The van der Waals surface area contributed by atoms with Gasteiger partial charge in [-0.15, -0.1) is 0 Å². The van der Waals surface area contributed by atoms with Crippen molar-refractivity contribution in [2.24, 2.45) is 0 Å². The maximum absolute atomic E-state index is 11.5. The molecule has 86 valence electrons. The van der Waals surface area contributed by atoms with E-state index in [-0.39, 0.29) is 6.54 Å². The second-order valence-corrected chi connectivity index (χ2v) is 5.71. The first kappa shape index (κ1) is 12.7. The van der Waals surface area contributed by atoms with Crippen molar-refractivity contribution in [3.8, 4) is 6.07 Å². The first-order chi connectivity index (χ1) is 7.45. The molecule has 0 aliphatic rings. The highest BCUT2D eigenvalue weighted by Gasteiger charge is 2.18. The number of rotatable bonds is 4. The maximum Gasteiger partial charge on any atom is 0.227 e. The van der Waals surface area contributed by atoms with Gasteiger partial charge in [0.25, 0.3) is 0 Å². The fourth-order valence-corrected chi connectivity index (χ4v) is 1.84. The molecule has 1 aromatic rings. The van der Waals surface area contributed by atoms with E-state index < -0.39 is 15.3 Å². The second-order valence-electron chi connectivity index (χ2n) is 3.62. The van der Waals surface area contributed by atoms with E-state index in [2.05, 4.69) is 4.72 Å². The van der Waals surface area contributed by atoms with E-state index in [0.717, 1.165) is 11.1 Å². The Morgan fingerprint density at radius 3 is 2.44 bits per heavy atom. The van der Waals surface area contributed by atoms with Crippen LogP contribution in [0.15, 0.2) is 24.3 Å². The minimum atomic E-state index is -3.53. The number of nitrogens with zero attached hydrogens (tertiary/aromatic N) is 1. The van der Waals surface area contributed by atoms with Crippen molar-refractivity contribution in [2.45, 2.75) is 25.6 Å². The smallest absolute Gasteiger partial charge is 0.211 e. The molecule has 0 saturated carbocycles. The van der Waals surface area contributed by atoms with Crippen molar-refractivity contribution in [2.75, 3.05) is 0 Å². The molecular formula is C11H14N2O2S. The number of sulfonamides is 1. The van der Waals surface area contributed by atoms with Crippen LogP contribution in [0.25, 0.3) is 0 Å². The number of aryl methyl sites for hydroxylation is 1. The van der Waals surface area contributed by atoms with Crippen LogP contribution in [0, 0.1) is 18.3 Å². The van der Waals surface area contributed by atoms with Gasteiger partial charge in [-0.1, -0.05) is 29.8 Å². The van der Waals surface area contributed by atoms with Gasteiger partial charge >= 0.3 is 0 Å². The van der Waals surface area contributed by atoms with Gasteiger partial charge in [0.2, 0.25) is 10.0 Å². The molecule has 0 saturated heterocycles. The Hall–Kier alpha value is -1.38. The zero-order valence-corrected chi connectivity index (χ0v) is 10.1. The summed E-state index contributed by atoms with van der Waals surface area (Å²) in [5.41, 5.74) is 2.00. The summed E-state index contributed by atoms with van der Waals surface area (Å²) >= 11 is 0. The van der Waals surface area contributed by atoms with E-state index in [1.165, 1.54) is 6.92 Å². The Kier molecular flexibility index (Phi) is 4.05. The Morgan fingerprint density at radius 2 is 1.94 bits per heavy atom. The lowest BCUT2D eigenvalue weighted by molar-refractivity contribution is 0.577. The molecule has 0 heterocycles. The van der Waals surface area contributed by atoms with E-state index in [1.54, 1.807) is 6.07 Å². The summed E-state index contributed by atoms with van der Waals surface area (Å²) in [6.45, 7) is 3.54. The van der Waals surface area contributed by atoms with Crippen molar-refractivity contribution in [1.82, 2.24) is 4.72 Å². The van der Waals surface area contributed by atoms with Crippen LogP contribution in [-0.4, -0.2) is 13.7 Å². The largest absolute Gasteiger partial charge is 0.227 e. The molecule has 1 unspecified atom stereocenters. The predicted molar refractivity (Wildman–Crippen MR) is 62.0 cm³/mol. The molecule has 0 fully saturated rings. The summed E-state index contributed by atoms with van der Waals surface area (Å²) in [4.78, 5) is 0. The molecule has 0 bridgehead atoms. The predicted octanol–water partition coefficient (Wildman–Crippen LogP) is 1.33. The van der Waals surface area contributed by atoms with Gasteiger partial charge in [0.15, 0.2) is 5.25 Å². The third kappa shape index (κ3) is 3.33. The molecule has 0 aliphatic carbocycles. The van der Waals surface area contributed by atoms with Gasteiger partial charge in [-0.3, -0.25) is 0 Å². The Morgan fingerprint density at radius 1 is 1.38 bits per heavy atom. The first-order valence-electron chi connectivity index (χ1n) is 4.89. The summed E-state index contributed by atoms with van der Waals surface area (Å²) < 4.78 is 25.3. The highest BCUT2D eigenvalue weighted by molar-refractivity contribution is 7.90. The molecule has 1 rings (SSSR count). The van der Waals surface area contributed by atoms with Crippen LogP contribution in [0.4, 0.5) is 0 Å². The summed E-state index contributed by atoms with van der Waals surface area (Å²) in [6, 6.07) is 9.24. The van der Waals surface area contributed by atoms with Gasteiger partial charge in [0, 0.05) is 6.54 Å². The van der Waals surface area contributed by atoms with Gasteiger partial charge in [0.1, 0.15) is 0 Å². The standard InChI is InChI=1S/C11H14N2O2S/c1-9-3-5-11(6-4-9)8-13-16(14,15)10(2)7-12/h3-6,10,13H,8H2,1-2H3. The number of nitrogens with one attached hydrogen (secondary N) is 1. The fourth-order valence-electron chi connectivity index (χ4n) is 1.08. The minimum absolute atomic E-state index is 0.217. The first-order valence-corrected chi connectivity index (χ1v) is 6.44. The van der Waals surface area contributed by atoms with Gasteiger partial charge in [-0.2, -0.15) is 5.26 Å². The third-order valence-corrected chi connectivity index (χ3v) is 3.83. The highest BCUT2D eigenvalue weighted by Crippen LogP contribution is 2.04. The van der Waals surface area contributed by atoms with E-state index >= 15 is 0 Å². The van der Waals surface area contributed by atoms with Crippen molar-refractivity contribution in [3.05, 3.63) is 35.4 Å². The van der Waals surface area contributed by atoms with Gasteiger partial charge in [0.05, 0.1) is 6.07 Å². The van der Waals surface area contributed by atoms with Crippen LogP contribution >= 0.6 is 0 Å². The summed E-state index contributed by atoms with van der Waals surface area (Å²) in [5.74, 6) is 0. The highest BCUT2D eigenvalue weighted by atomic mass is 32.2. The molecule has 0 radical (unpaired) electrons. The van der Waals surface area contributed by atoms with E-state index in [4.69, 9.17) is 5.26 Å². The summed E-state index contributed by atoms with van der Waals surface area (Å²) in [6.07, 6.45) is 0. The van der Waals surface area contributed by atoms with Gasteiger partial charge < -0.3 is 0 Å². The molecule has 1 aromatic carbocycles. The van der Waals surface area contributed by atoms with Crippen LogP contribution in [-0.2, 0) is 16.6 Å². The van der Waals surface area contributed by atoms with Crippen molar-refractivity contribution in [3.63, 3.8) is 0 Å². The average molecular weight is 238 g/mol. The molecule has 4 nitrogen and oxygen atoms in total. The van der Waals surface area contributed by atoms with Crippen LogP contribution in [0.2, 0.25) is 0 Å². The monoisotopic (exact) mass is 238 g/mol. The van der Waals surface area contributed by atoms with Gasteiger partial charge in [-0.05, 0) is 19.4 Å².